The molecule has 0 aliphatic heterocycles. The number of phosphoric ester groups is 1. The summed E-state index contributed by atoms with van der Waals surface area (Å²) in [6, 6.07) is 0. The molecule has 3 atom stereocenters. The number of allylic oxidation sites excluding steroid dienone is 13. The van der Waals surface area contributed by atoms with Crippen LogP contribution in [0.3, 0.4) is 0 Å². The Bertz CT molecular complexity index is 1330. The standard InChI is InChI=1S/C50H86NO9P/c1-6-8-9-10-11-12-13-14-15-16-17-18-19-23-26-29-32-35-38-41-49(53)57-45-48(46-59-61(55,56)58-44-43-51(3,4)5)60-50(54)42-39-36-33-30-27-24-21-20-22-25-28-31-34-37-40-47(52)7-2/h11-12,14-15,21-22,24-25,30-31,33-34,37,40,47-48,52H,6-10,13,16-20,23,26-29,32,35-36,38-39,41-46H2,1-5H3/b12-11-,15-14-,24-21-,25-22-,33-30-,34-31-,40-37+/t47-,48-/m1/s1. The van der Waals surface area contributed by atoms with Gasteiger partial charge in [-0.05, 0) is 77.0 Å². The van der Waals surface area contributed by atoms with Crippen LogP contribution in [0.5, 0.6) is 0 Å². The Balaban J connectivity index is 4.44. The van der Waals surface area contributed by atoms with E-state index >= 15 is 0 Å². The second-order valence-electron chi connectivity index (χ2n) is 16.6. The third kappa shape index (κ3) is 45.0. The molecule has 0 aromatic carbocycles. The van der Waals surface area contributed by atoms with Crippen LogP contribution in [0.2, 0.25) is 0 Å². The van der Waals surface area contributed by atoms with Crippen molar-refractivity contribution in [2.75, 3.05) is 47.5 Å². The number of aliphatic hydroxyl groups excluding tert-OH is 1. The monoisotopic (exact) mass is 876 g/mol. The molecule has 11 heteroatoms. The van der Waals surface area contributed by atoms with E-state index in [9.17, 15) is 24.2 Å². The molecule has 61 heavy (non-hydrogen) atoms. The van der Waals surface area contributed by atoms with Crippen molar-refractivity contribution in [1.29, 1.82) is 0 Å². The SMILES string of the molecule is CCCCC/C=C\C/C=C\CCCCCCCCCCCC(=O)OC[C@H](COP(=O)([O-])OCC[N+](C)(C)C)OC(=O)CCC/C=C\C/C=C\C/C=C\C/C=C\C=C\[C@H](O)CC. The minimum atomic E-state index is -4.66. The lowest BCUT2D eigenvalue weighted by atomic mass is 10.1. The van der Waals surface area contributed by atoms with Gasteiger partial charge >= 0.3 is 11.9 Å². The lowest BCUT2D eigenvalue weighted by Crippen LogP contribution is -2.37. The van der Waals surface area contributed by atoms with Crippen molar-refractivity contribution >= 4 is 19.8 Å². The quantitative estimate of drug-likeness (QED) is 0.0159. The van der Waals surface area contributed by atoms with Crippen molar-refractivity contribution < 1.29 is 47.2 Å². The molecule has 1 N–H and O–H groups in total. The molecule has 0 spiro atoms. The fourth-order valence-corrected chi connectivity index (χ4v) is 6.46. The van der Waals surface area contributed by atoms with Crippen LogP contribution in [0.15, 0.2) is 85.1 Å². The number of rotatable bonds is 41. The Morgan fingerprint density at radius 2 is 1.10 bits per heavy atom. The first kappa shape index (κ1) is 58.1. The molecule has 0 bridgehead atoms. The molecule has 0 aliphatic carbocycles. The van der Waals surface area contributed by atoms with Crippen LogP contribution in [0.4, 0.5) is 0 Å². The van der Waals surface area contributed by atoms with Crippen LogP contribution in [-0.4, -0.2) is 81.2 Å². The zero-order valence-electron chi connectivity index (χ0n) is 38.9. The first-order chi connectivity index (χ1) is 29.4. The topological polar surface area (TPSA) is 131 Å². The maximum Gasteiger partial charge on any atom is 0.306 e. The summed E-state index contributed by atoms with van der Waals surface area (Å²) < 4.78 is 33.9. The fourth-order valence-electron chi connectivity index (χ4n) is 5.73. The van der Waals surface area contributed by atoms with Gasteiger partial charge in [-0.1, -0.05) is 157 Å². The van der Waals surface area contributed by atoms with Gasteiger partial charge in [0, 0.05) is 12.8 Å². The van der Waals surface area contributed by atoms with Crippen LogP contribution in [0.1, 0.15) is 162 Å². The zero-order valence-corrected chi connectivity index (χ0v) is 39.8. The number of carbonyl (C=O) groups is 2. The Hall–Kier alpha value is -2.85. The van der Waals surface area contributed by atoms with Gasteiger partial charge in [-0.3, -0.25) is 14.2 Å². The predicted octanol–water partition coefficient (Wildman–Crippen LogP) is 11.9. The lowest BCUT2D eigenvalue weighted by molar-refractivity contribution is -0.870. The molecule has 0 saturated heterocycles. The van der Waals surface area contributed by atoms with Crippen molar-refractivity contribution in [2.24, 2.45) is 0 Å². The van der Waals surface area contributed by atoms with Crippen LogP contribution in [-0.2, 0) is 32.7 Å². The number of likely N-dealkylation sites (N-methyl/N-ethyl adjacent to an activating group) is 1. The number of nitrogens with zero attached hydrogens (tertiary/aromatic N) is 1. The van der Waals surface area contributed by atoms with Crippen molar-refractivity contribution in [3.63, 3.8) is 0 Å². The number of unbranched alkanes of at least 4 members (excludes halogenated alkanes) is 13. The maximum atomic E-state index is 12.7. The minimum Gasteiger partial charge on any atom is -0.756 e. The average Bonchev–Trinajstić information content (AvgIpc) is 3.21. The van der Waals surface area contributed by atoms with Crippen molar-refractivity contribution in [3.8, 4) is 0 Å². The van der Waals surface area contributed by atoms with Crippen LogP contribution in [0.25, 0.3) is 0 Å². The Labute approximate surface area is 372 Å². The number of esters is 2. The number of phosphoric acid groups is 1. The number of carbonyl (C=O) groups excluding carboxylic acids is 2. The van der Waals surface area contributed by atoms with Crippen molar-refractivity contribution in [3.05, 3.63) is 85.1 Å². The van der Waals surface area contributed by atoms with E-state index in [1.807, 2.05) is 58.4 Å². The fraction of sp³-hybridized carbons (Fsp3) is 0.680. The summed E-state index contributed by atoms with van der Waals surface area (Å²) in [7, 11) is 1.09. The Morgan fingerprint density at radius 3 is 1.66 bits per heavy atom. The summed E-state index contributed by atoms with van der Waals surface area (Å²) in [6.45, 7) is 3.77. The highest BCUT2D eigenvalue weighted by molar-refractivity contribution is 7.45. The maximum absolute atomic E-state index is 12.7. The number of aliphatic hydroxyl groups is 1. The van der Waals surface area contributed by atoms with Gasteiger partial charge in [0.05, 0.1) is 33.9 Å². The molecule has 0 rings (SSSR count). The highest BCUT2D eigenvalue weighted by atomic mass is 31.2. The number of hydrogen-bond donors (Lipinski definition) is 1. The van der Waals surface area contributed by atoms with Gasteiger partial charge in [0.1, 0.15) is 19.8 Å². The molecule has 0 aromatic rings. The number of ether oxygens (including phenoxy) is 2. The molecule has 0 amide bonds. The minimum absolute atomic E-state index is 0.0531. The Morgan fingerprint density at radius 1 is 0.607 bits per heavy atom. The van der Waals surface area contributed by atoms with E-state index in [4.69, 9.17) is 18.5 Å². The van der Waals surface area contributed by atoms with E-state index in [0.717, 1.165) is 51.4 Å². The normalized spacial score (nSPS) is 14.8. The van der Waals surface area contributed by atoms with Gasteiger partial charge in [0.15, 0.2) is 6.10 Å². The van der Waals surface area contributed by atoms with Gasteiger partial charge in [-0.15, -0.1) is 0 Å². The number of quaternary nitrogens is 1. The van der Waals surface area contributed by atoms with E-state index in [2.05, 4.69) is 55.5 Å². The molecular weight excluding hydrogens is 790 g/mol. The van der Waals surface area contributed by atoms with E-state index in [0.29, 0.717) is 36.7 Å². The first-order valence-electron chi connectivity index (χ1n) is 23.4. The predicted molar refractivity (Wildman–Crippen MR) is 251 cm³/mol. The van der Waals surface area contributed by atoms with Gasteiger partial charge in [0.25, 0.3) is 7.82 Å². The molecule has 0 aliphatic rings. The summed E-state index contributed by atoms with van der Waals surface area (Å²) >= 11 is 0. The molecule has 350 valence electrons. The summed E-state index contributed by atoms with van der Waals surface area (Å²) in [5.41, 5.74) is 0. The molecule has 10 nitrogen and oxygen atoms in total. The zero-order chi connectivity index (χ0) is 45.1. The third-order valence-corrected chi connectivity index (χ3v) is 10.5. The van der Waals surface area contributed by atoms with E-state index in [1.165, 1.54) is 57.8 Å². The highest BCUT2D eigenvalue weighted by Gasteiger charge is 2.21. The molecular formula is C50H86NO9P. The summed E-state index contributed by atoms with van der Waals surface area (Å²) in [4.78, 5) is 37.6. The third-order valence-electron chi connectivity index (χ3n) is 9.56. The molecule has 0 fully saturated rings. The summed E-state index contributed by atoms with van der Waals surface area (Å²) in [5.74, 6) is -0.933. The van der Waals surface area contributed by atoms with E-state index < -0.39 is 32.5 Å². The molecule has 0 heterocycles. The second kappa shape index (κ2) is 41.2. The van der Waals surface area contributed by atoms with Gasteiger partial charge in [0.2, 0.25) is 0 Å². The molecule has 0 saturated carbocycles. The van der Waals surface area contributed by atoms with Crippen LogP contribution in [0, 0.1) is 0 Å². The van der Waals surface area contributed by atoms with E-state index in [1.54, 1.807) is 6.08 Å². The van der Waals surface area contributed by atoms with Crippen LogP contribution >= 0.6 is 7.82 Å². The Kier molecular flexibility index (Phi) is 39.3. The lowest BCUT2D eigenvalue weighted by Gasteiger charge is -2.28. The van der Waals surface area contributed by atoms with Crippen molar-refractivity contribution in [1.82, 2.24) is 0 Å². The van der Waals surface area contributed by atoms with Gasteiger partial charge in [-0.25, -0.2) is 0 Å². The van der Waals surface area contributed by atoms with Gasteiger partial charge in [-0.2, -0.15) is 0 Å². The van der Waals surface area contributed by atoms with E-state index in [-0.39, 0.29) is 32.2 Å². The summed E-state index contributed by atoms with van der Waals surface area (Å²) in [6.07, 6.45) is 49.9. The number of hydrogen-bond acceptors (Lipinski definition) is 9. The average molecular weight is 876 g/mol. The highest BCUT2D eigenvalue weighted by Crippen LogP contribution is 2.38. The summed E-state index contributed by atoms with van der Waals surface area (Å²) in [5, 5.41) is 9.49. The van der Waals surface area contributed by atoms with Crippen molar-refractivity contribution in [2.45, 2.75) is 174 Å². The molecule has 1 unspecified atom stereocenters. The second-order valence-corrected chi connectivity index (χ2v) is 18.0. The van der Waals surface area contributed by atoms with Gasteiger partial charge < -0.3 is 33.0 Å². The van der Waals surface area contributed by atoms with Crippen LogP contribution < -0.4 is 4.89 Å². The largest absolute Gasteiger partial charge is 0.756 e. The smallest absolute Gasteiger partial charge is 0.306 e. The molecule has 0 aromatic heterocycles. The molecule has 0 radical (unpaired) electrons. The first-order valence-corrected chi connectivity index (χ1v) is 24.9.